The Morgan fingerprint density at radius 3 is 2.55 bits per heavy atom. The largest absolute Gasteiger partial charge is 0.452 e. The van der Waals surface area contributed by atoms with Gasteiger partial charge in [-0.1, -0.05) is 12.1 Å². The van der Waals surface area contributed by atoms with Crippen LogP contribution in [0.2, 0.25) is 0 Å². The minimum Gasteiger partial charge on any atom is -0.452 e. The van der Waals surface area contributed by atoms with Crippen molar-refractivity contribution < 1.29 is 32.4 Å². The fourth-order valence-corrected chi connectivity index (χ4v) is 2.63. The highest BCUT2D eigenvalue weighted by Crippen LogP contribution is 2.31. The van der Waals surface area contributed by atoms with Gasteiger partial charge in [0.2, 0.25) is 0 Å². The topological polar surface area (TPSA) is 114 Å². The summed E-state index contributed by atoms with van der Waals surface area (Å²) in [5.74, 6) is -1.87. The number of ether oxygens (including phenoxy) is 1. The highest BCUT2D eigenvalue weighted by atomic mass is 19.4. The molecule has 31 heavy (non-hydrogen) atoms. The first-order valence-corrected chi connectivity index (χ1v) is 8.81. The Morgan fingerprint density at radius 2 is 1.94 bits per heavy atom. The van der Waals surface area contributed by atoms with Crippen molar-refractivity contribution in [3.63, 3.8) is 0 Å². The van der Waals surface area contributed by atoms with E-state index in [0.717, 1.165) is 29.2 Å². The van der Waals surface area contributed by atoms with E-state index in [0.29, 0.717) is 5.56 Å². The molecule has 2 rings (SSSR count). The van der Waals surface area contributed by atoms with Gasteiger partial charge in [-0.25, -0.2) is 4.79 Å². The molecule has 11 heteroatoms. The fourth-order valence-electron chi connectivity index (χ4n) is 2.63. The standard InChI is InChI=1S/C20H16F3N3O5/c1-13-6-7-14(10-17(13)26(29)30)19(28)31-12-18(27)25(9-3-8-24)16-5-2-4-15(11-16)20(21,22)23/h2,4-7,10-11H,3,9,12H2,1H3. The van der Waals surface area contributed by atoms with E-state index < -0.39 is 35.1 Å². The molecule has 0 saturated carbocycles. The van der Waals surface area contributed by atoms with Gasteiger partial charge in [0, 0.05) is 23.9 Å². The molecule has 0 N–H and O–H groups in total. The number of nitro groups is 1. The van der Waals surface area contributed by atoms with Crippen molar-refractivity contribution in [2.24, 2.45) is 0 Å². The maximum atomic E-state index is 13.0. The third kappa shape index (κ3) is 6.02. The van der Waals surface area contributed by atoms with Crippen LogP contribution in [0.1, 0.15) is 27.9 Å². The Bertz CT molecular complexity index is 1050. The number of nitro benzene ring substituents is 1. The lowest BCUT2D eigenvalue weighted by molar-refractivity contribution is -0.385. The number of carbonyl (C=O) groups excluding carboxylic acids is 2. The molecule has 0 unspecified atom stereocenters. The zero-order valence-electron chi connectivity index (χ0n) is 16.2. The van der Waals surface area contributed by atoms with E-state index in [1.54, 1.807) is 6.07 Å². The van der Waals surface area contributed by atoms with Crippen LogP contribution in [0.3, 0.4) is 0 Å². The second-order valence-electron chi connectivity index (χ2n) is 6.34. The lowest BCUT2D eigenvalue weighted by atomic mass is 10.1. The molecule has 1 amide bonds. The minimum atomic E-state index is -4.63. The van der Waals surface area contributed by atoms with Gasteiger partial charge in [-0.15, -0.1) is 0 Å². The summed E-state index contributed by atoms with van der Waals surface area (Å²) in [6.07, 6.45) is -4.80. The Hall–Kier alpha value is -3.94. The molecule has 0 aliphatic heterocycles. The van der Waals surface area contributed by atoms with Crippen molar-refractivity contribution in [1.29, 1.82) is 5.26 Å². The van der Waals surface area contributed by atoms with Gasteiger partial charge in [0.15, 0.2) is 6.61 Å². The summed E-state index contributed by atoms with van der Waals surface area (Å²) in [5.41, 5.74) is -1.24. The summed E-state index contributed by atoms with van der Waals surface area (Å²) in [6, 6.07) is 9.39. The van der Waals surface area contributed by atoms with Gasteiger partial charge in [0.1, 0.15) is 0 Å². The average molecular weight is 435 g/mol. The number of benzene rings is 2. The first-order chi connectivity index (χ1) is 14.5. The van der Waals surface area contributed by atoms with Crippen molar-refractivity contribution in [1.82, 2.24) is 0 Å². The zero-order chi connectivity index (χ0) is 23.2. The fraction of sp³-hybridized carbons (Fsp3) is 0.250. The molecule has 8 nitrogen and oxygen atoms in total. The maximum Gasteiger partial charge on any atom is 0.416 e. The Labute approximate surface area is 174 Å². The first-order valence-electron chi connectivity index (χ1n) is 8.81. The van der Waals surface area contributed by atoms with Crippen LogP contribution in [-0.2, 0) is 15.7 Å². The van der Waals surface area contributed by atoms with E-state index in [-0.39, 0.29) is 29.9 Å². The molecule has 0 radical (unpaired) electrons. The Kier molecular flexibility index (Phi) is 7.31. The van der Waals surface area contributed by atoms with Gasteiger partial charge in [0.25, 0.3) is 11.6 Å². The normalized spacial score (nSPS) is 10.8. The monoisotopic (exact) mass is 435 g/mol. The van der Waals surface area contributed by atoms with E-state index in [2.05, 4.69) is 0 Å². The maximum absolute atomic E-state index is 13.0. The molecule has 2 aromatic rings. The van der Waals surface area contributed by atoms with E-state index in [4.69, 9.17) is 10.00 Å². The number of carbonyl (C=O) groups is 2. The molecule has 162 valence electrons. The van der Waals surface area contributed by atoms with Crippen molar-refractivity contribution in [2.75, 3.05) is 18.1 Å². The Balaban J connectivity index is 2.18. The number of esters is 1. The summed E-state index contributed by atoms with van der Waals surface area (Å²) in [6.45, 7) is 0.436. The molecule has 0 aliphatic rings. The van der Waals surface area contributed by atoms with Crippen molar-refractivity contribution in [3.05, 3.63) is 69.3 Å². The third-order valence-electron chi connectivity index (χ3n) is 4.20. The van der Waals surface area contributed by atoms with E-state index in [9.17, 15) is 32.9 Å². The minimum absolute atomic E-state index is 0.114. The molecule has 0 heterocycles. The van der Waals surface area contributed by atoms with Crippen LogP contribution in [-0.4, -0.2) is 30.0 Å². The Morgan fingerprint density at radius 1 is 1.23 bits per heavy atom. The molecule has 0 fully saturated rings. The van der Waals surface area contributed by atoms with Gasteiger partial charge in [-0.2, -0.15) is 18.4 Å². The number of nitrogens with zero attached hydrogens (tertiary/aromatic N) is 3. The number of nitriles is 1. The van der Waals surface area contributed by atoms with Crippen LogP contribution in [0.25, 0.3) is 0 Å². The first kappa shape index (κ1) is 23.3. The molecule has 0 aliphatic carbocycles. The number of halogens is 3. The number of anilines is 1. The average Bonchev–Trinajstić information content (AvgIpc) is 2.72. The van der Waals surface area contributed by atoms with Gasteiger partial charge >= 0.3 is 12.1 Å². The SMILES string of the molecule is Cc1ccc(C(=O)OCC(=O)N(CCC#N)c2cccc(C(F)(F)F)c2)cc1[N+](=O)[O-]. The molecule has 2 aromatic carbocycles. The number of rotatable bonds is 7. The zero-order valence-corrected chi connectivity index (χ0v) is 16.2. The molecular formula is C20H16F3N3O5. The van der Waals surface area contributed by atoms with Crippen LogP contribution >= 0.6 is 0 Å². The summed E-state index contributed by atoms with van der Waals surface area (Å²) < 4.78 is 43.8. The summed E-state index contributed by atoms with van der Waals surface area (Å²) in [7, 11) is 0. The lowest BCUT2D eigenvalue weighted by Gasteiger charge is -2.22. The molecule has 0 bridgehead atoms. The highest BCUT2D eigenvalue weighted by Gasteiger charge is 2.31. The van der Waals surface area contributed by atoms with Gasteiger partial charge < -0.3 is 9.64 Å². The van der Waals surface area contributed by atoms with Crippen LogP contribution in [0, 0.1) is 28.4 Å². The van der Waals surface area contributed by atoms with Crippen molar-refractivity contribution >= 4 is 23.3 Å². The van der Waals surface area contributed by atoms with Gasteiger partial charge in [-0.05, 0) is 31.2 Å². The second kappa shape index (κ2) is 9.71. The van der Waals surface area contributed by atoms with Crippen LogP contribution < -0.4 is 4.90 Å². The number of hydrogen-bond donors (Lipinski definition) is 0. The molecule has 0 spiro atoms. The summed E-state index contributed by atoms with van der Waals surface area (Å²) in [4.78, 5) is 35.9. The van der Waals surface area contributed by atoms with E-state index in [1.807, 2.05) is 0 Å². The number of alkyl halides is 3. The highest BCUT2D eigenvalue weighted by molar-refractivity contribution is 5.97. The molecule has 0 saturated heterocycles. The van der Waals surface area contributed by atoms with E-state index >= 15 is 0 Å². The van der Waals surface area contributed by atoms with Gasteiger partial charge in [0.05, 0.1) is 28.5 Å². The van der Waals surface area contributed by atoms with Crippen molar-refractivity contribution in [3.8, 4) is 6.07 Å². The van der Waals surface area contributed by atoms with Crippen LogP contribution in [0.4, 0.5) is 24.5 Å². The van der Waals surface area contributed by atoms with Crippen molar-refractivity contribution in [2.45, 2.75) is 19.5 Å². The lowest BCUT2D eigenvalue weighted by Crippen LogP contribution is -2.35. The molecule has 0 atom stereocenters. The van der Waals surface area contributed by atoms with Gasteiger partial charge in [-0.3, -0.25) is 14.9 Å². The van der Waals surface area contributed by atoms with E-state index in [1.165, 1.54) is 25.1 Å². The molecular weight excluding hydrogens is 419 g/mol. The van der Waals surface area contributed by atoms with Crippen LogP contribution in [0.5, 0.6) is 0 Å². The quantitative estimate of drug-likeness (QED) is 0.369. The predicted octanol–water partition coefficient (Wildman–Crippen LogP) is 4.03. The summed E-state index contributed by atoms with van der Waals surface area (Å²) >= 11 is 0. The number of amides is 1. The second-order valence-corrected chi connectivity index (χ2v) is 6.34. The smallest absolute Gasteiger partial charge is 0.416 e. The third-order valence-corrected chi connectivity index (χ3v) is 4.20. The molecule has 0 aromatic heterocycles. The number of hydrogen-bond acceptors (Lipinski definition) is 6. The van der Waals surface area contributed by atoms with Crippen LogP contribution in [0.15, 0.2) is 42.5 Å². The predicted molar refractivity (Wildman–Crippen MR) is 102 cm³/mol. The number of aryl methyl sites for hydroxylation is 1. The summed E-state index contributed by atoms with van der Waals surface area (Å²) in [5, 5.41) is 19.8.